The van der Waals surface area contributed by atoms with Crippen LogP contribution in [-0.4, -0.2) is 18.1 Å². The first-order valence-electron chi connectivity index (χ1n) is 7.32. The smallest absolute Gasteiger partial charge is 0.142 e. The van der Waals surface area contributed by atoms with E-state index in [1.807, 2.05) is 42.6 Å². The van der Waals surface area contributed by atoms with Crippen LogP contribution in [0.2, 0.25) is 5.02 Å². The minimum absolute atomic E-state index is 0.704. The number of halogens is 1. The number of benzene rings is 2. The lowest BCUT2D eigenvalue weighted by atomic mass is 10.1. The number of anilines is 1. The van der Waals surface area contributed by atoms with Gasteiger partial charge >= 0.3 is 0 Å². The van der Waals surface area contributed by atoms with Crippen molar-refractivity contribution in [1.29, 1.82) is 0 Å². The Morgan fingerprint density at radius 3 is 2.95 bits per heavy atom. The van der Waals surface area contributed by atoms with Crippen molar-refractivity contribution in [1.82, 2.24) is 4.98 Å². The summed E-state index contributed by atoms with van der Waals surface area (Å²) in [5.74, 6) is 0.944. The number of pyridine rings is 1. The van der Waals surface area contributed by atoms with Gasteiger partial charge in [0.15, 0.2) is 0 Å². The number of para-hydroxylation sites is 2. The molecule has 3 aromatic rings. The van der Waals surface area contributed by atoms with Crippen LogP contribution in [0.25, 0.3) is 10.9 Å². The summed E-state index contributed by atoms with van der Waals surface area (Å²) >= 11 is 6.28. The van der Waals surface area contributed by atoms with Crippen molar-refractivity contribution in [2.24, 2.45) is 0 Å². The van der Waals surface area contributed by atoms with Crippen LogP contribution in [0.15, 0.2) is 54.7 Å². The Balaban J connectivity index is 1.75. The number of rotatable bonds is 2. The van der Waals surface area contributed by atoms with E-state index in [1.54, 1.807) is 0 Å². The Kier molecular flexibility index (Phi) is 3.35. The molecule has 0 unspecified atom stereocenters. The zero-order valence-electron chi connectivity index (χ0n) is 12.0. The average Bonchev–Trinajstić information content (AvgIpc) is 2.58. The van der Waals surface area contributed by atoms with E-state index in [9.17, 15) is 0 Å². The predicted molar refractivity (Wildman–Crippen MR) is 89.7 cm³/mol. The Labute approximate surface area is 134 Å². The first kappa shape index (κ1) is 13.4. The van der Waals surface area contributed by atoms with Gasteiger partial charge in [-0.3, -0.25) is 4.98 Å². The molecule has 0 spiro atoms. The lowest BCUT2D eigenvalue weighted by Gasteiger charge is -2.31. The van der Waals surface area contributed by atoms with Crippen molar-refractivity contribution in [2.45, 2.75) is 6.54 Å². The first-order chi connectivity index (χ1) is 10.8. The summed E-state index contributed by atoms with van der Waals surface area (Å²) in [6.45, 7) is 2.37. The van der Waals surface area contributed by atoms with E-state index in [0.29, 0.717) is 6.61 Å². The molecule has 1 aliphatic rings. The van der Waals surface area contributed by atoms with Crippen LogP contribution in [0.4, 0.5) is 5.69 Å². The third-order valence-electron chi connectivity index (χ3n) is 3.99. The number of nitrogens with zero attached hydrogens (tertiary/aromatic N) is 2. The first-order valence-corrected chi connectivity index (χ1v) is 7.69. The van der Waals surface area contributed by atoms with E-state index in [0.717, 1.165) is 40.5 Å². The molecule has 0 bridgehead atoms. The zero-order chi connectivity index (χ0) is 14.9. The molecule has 1 aliphatic heterocycles. The van der Waals surface area contributed by atoms with Gasteiger partial charge in [-0.15, -0.1) is 0 Å². The fraction of sp³-hybridized carbons (Fsp3) is 0.167. The van der Waals surface area contributed by atoms with E-state index in [4.69, 9.17) is 16.3 Å². The molecule has 0 aliphatic carbocycles. The maximum Gasteiger partial charge on any atom is 0.142 e. The second-order valence-electron chi connectivity index (χ2n) is 5.34. The molecule has 110 valence electrons. The number of aromatic nitrogens is 1. The number of fused-ring (bicyclic) bond motifs is 2. The van der Waals surface area contributed by atoms with Gasteiger partial charge in [0.25, 0.3) is 0 Å². The quantitative estimate of drug-likeness (QED) is 0.706. The van der Waals surface area contributed by atoms with Crippen molar-refractivity contribution in [2.75, 3.05) is 18.1 Å². The van der Waals surface area contributed by atoms with E-state index in [2.05, 4.69) is 22.0 Å². The Hall–Kier alpha value is -2.26. The minimum atomic E-state index is 0.704. The predicted octanol–water partition coefficient (Wildman–Crippen LogP) is 4.29. The molecule has 4 heteroatoms. The van der Waals surface area contributed by atoms with Gasteiger partial charge in [0, 0.05) is 23.2 Å². The molecule has 0 radical (unpaired) electrons. The zero-order valence-corrected chi connectivity index (χ0v) is 12.8. The second-order valence-corrected chi connectivity index (χ2v) is 5.75. The van der Waals surface area contributed by atoms with Crippen LogP contribution in [0.5, 0.6) is 5.75 Å². The molecular formula is C18H15ClN2O. The van der Waals surface area contributed by atoms with Gasteiger partial charge < -0.3 is 9.64 Å². The summed E-state index contributed by atoms with van der Waals surface area (Å²) in [6.07, 6.45) is 1.81. The van der Waals surface area contributed by atoms with E-state index in [-0.39, 0.29) is 0 Å². The summed E-state index contributed by atoms with van der Waals surface area (Å²) in [5.41, 5.74) is 3.28. The maximum atomic E-state index is 6.28. The Morgan fingerprint density at radius 1 is 1.09 bits per heavy atom. The molecule has 0 atom stereocenters. The van der Waals surface area contributed by atoms with E-state index >= 15 is 0 Å². The van der Waals surface area contributed by atoms with Gasteiger partial charge in [-0.1, -0.05) is 29.8 Å². The molecule has 0 N–H and O–H groups in total. The molecular weight excluding hydrogens is 296 g/mol. The number of hydrogen-bond donors (Lipinski definition) is 0. The van der Waals surface area contributed by atoms with Crippen LogP contribution in [0.1, 0.15) is 5.56 Å². The highest BCUT2D eigenvalue weighted by molar-refractivity contribution is 6.35. The van der Waals surface area contributed by atoms with Gasteiger partial charge in [0.05, 0.1) is 17.7 Å². The average molecular weight is 311 g/mol. The molecule has 3 nitrogen and oxygen atoms in total. The van der Waals surface area contributed by atoms with E-state index in [1.165, 1.54) is 5.56 Å². The molecule has 0 saturated heterocycles. The van der Waals surface area contributed by atoms with Crippen molar-refractivity contribution in [3.8, 4) is 5.75 Å². The molecule has 4 rings (SSSR count). The fourth-order valence-electron chi connectivity index (χ4n) is 2.92. The van der Waals surface area contributed by atoms with Crippen molar-refractivity contribution in [3.05, 3.63) is 65.3 Å². The summed E-state index contributed by atoms with van der Waals surface area (Å²) in [6, 6.07) is 16.1. The Morgan fingerprint density at radius 2 is 2.00 bits per heavy atom. The van der Waals surface area contributed by atoms with Crippen LogP contribution in [-0.2, 0) is 6.54 Å². The van der Waals surface area contributed by atoms with Crippen molar-refractivity contribution in [3.63, 3.8) is 0 Å². The molecule has 2 aromatic carbocycles. The third kappa shape index (κ3) is 2.28. The molecule has 0 fully saturated rings. The summed E-state index contributed by atoms with van der Waals surface area (Å²) in [7, 11) is 0. The second kappa shape index (κ2) is 5.50. The molecule has 1 aromatic heterocycles. The minimum Gasteiger partial charge on any atom is -0.490 e. The molecule has 0 saturated carbocycles. The van der Waals surface area contributed by atoms with Crippen LogP contribution in [0, 0.1) is 0 Å². The highest BCUT2D eigenvalue weighted by Crippen LogP contribution is 2.33. The topological polar surface area (TPSA) is 25.4 Å². The van der Waals surface area contributed by atoms with Gasteiger partial charge in [0.1, 0.15) is 12.4 Å². The summed E-state index contributed by atoms with van der Waals surface area (Å²) in [5, 5.41) is 1.75. The summed E-state index contributed by atoms with van der Waals surface area (Å²) in [4.78, 5) is 6.85. The number of ether oxygens (including phenoxy) is 1. The molecule has 0 amide bonds. The normalized spacial score (nSPS) is 13.8. The Bertz CT molecular complexity index is 834. The van der Waals surface area contributed by atoms with Gasteiger partial charge in [-0.25, -0.2) is 0 Å². The van der Waals surface area contributed by atoms with Gasteiger partial charge in [-0.05, 0) is 35.9 Å². The highest BCUT2D eigenvalue weighted by Gasteiger charge is 2.18. The fourth-order valence-corrected chi connectivity index (χ4v) is 3.14. The van der Waals surface area contributed by atoms with Gasteiger partial charge in [0.2, 0.25) is 0 Å². The molecule has 2 heterocycles. The largest absolute Gasteiger partial charge is 0.490 e. The lowest BCUT2D eigenvalue weighted by Crippen LogP contribution is -2.32. The summed E-state index contributed by atoms with van der Waals surface area (Å²) < 4.78 is 5.72. The lowest BCUT2D eigenvalue weighted by molar-refractivity contribution is 0.307. The van der Waals surface area contributed by atoms with Crippen molar-refractivity contribution < 1.29 is 4.74 Å². The van der Waals surface area contributed by atoms with Crippen molar-refractivity contribution >= 4 is 28.2 Å². The maximum absolute atomic E-state index is 6.28. The standard InChI is InChI=1S/C18H15ClN2O/c19-15-8-7-13(18-14(15)4-3-9-20-18)12-21-10-11-22-17-6-2-1-5-16(17)21/h1-9H,10-12H2. The van der Waals surface area contributed by atoms with Crippen LogP contribution < -0.4 is 9.64 Å². The van der Waals surface area contributed by atoms with Gasteiger partial charge in [-0.2, -0.15) is 0 Å². The monoisotopic (exact) mass is 310 g/mol. The van der Waals surface area contributed by atoms with E-state index < -0.39 is 0 Å². The van der Waals surface area contributed by atoms with Crippen LogP contribution >= 0.6 is 11.6 Å². The molecule has 22 heavy (non-hydrogen) atoms. The third-order valence-corrected chi connectivity index (χ3v) is 4.32. The SMILES string of the molecule is Clc1ccc(CN2CCOc3ccccc32)c2ncccc12. The number of hydrogen-bond acceptors (Lipinski definition) is 3. The highest BCUT2D eigenvalue weighted by atomic mass is 35.5. The van der Waals surface area contributed by atoms with Crippen LogP contribution in [0.3, 0.4) is 0 Å².